The first-order valence-corrected chi connectivity index (χ1v) is 9.01. The molecule has 136 valence electrons. The van der Waals surface area contributed by atoms with Gasteiger partial charge in [0.05, 0.1) is 13.7 Å². The molecule has 0 atom stereocenters. The van der Waals surface area contributed by atoms with E-state index in [9.17, 15) is 9.59 Å². The fourth-order valence-corrected chi connectivity index (χ4v) is 3.17. The van der Waals surface area contributed by atoms with E-state index in [1.807, 2.05) is 29.2 Å². The van der Waals surface area contributed by atoms with Crippen LogP contribution in [0.1, 0.15) is 25.7 Å². The molecule has 0 unspecified atom stereocenters. The van der Waals surface area contributed by atoms with E-state index in [0.29, 0.717) is 37.7 Å². The zero-order valence-electron chi connectivity index (χ0n) is 14.7. The first-order valence-electron chi connectivity index (χ1n) is 9.01. The third-order valence-corrected chi connectivity index (χ3v) is 4.83. The number of hydrogen-bond donors (Lipinski definition) is 1. The molecule has 2 fully saturated rings. The van der Waals surface area contributed by atoms with E-state index in [-0.39, 0.29) is 23.7 Å². The number of nitrogens with one attached hydrogen (secondary N) is 1. The van der Waals surface area contributed by atoms with Crippen molar-refractivity contribution in [3.05, 3.63) is 24.3 Å². The second-order valence-corrected chi connectivity index (χ2v) is 6.66. The molecule has 1 aliphatic carbocycles. The van der Waals surface area contributed by atoms with Crippen LogP contribution < -0.4 is 14.8 Å². The van der Waals surface area contributed by atoms with Crippen LogP contribution in [-0.2, 0) is 9.59 Å². The summed E-state index contributed by atoms with van der Waals surface area (Å²) in [5.41, 5.74) is 0. The fraction of sp³-hybridized carbons (Fsp3) is 0.579. The number of nitrogens with zero attached hydrogens (tertiary/aromatic N) is 1. The number of piperidine rings is 1. The molecule has 3 rings (SSSR count). The van der Waals surface area contributed by atoms with Gasteiger partial charge in [-0.15, -0.1) is 0 Å². The zero-order valence-corrected chi connectivity index (χ0v) is 14.7. The first kappa shape index (κ1) is 17.6. The van der Waals surface area contributed by atoms with Crippen LogP contribution in [-0.4, -0.2) is 50.1 Å². The Balaban J connectivity index is 1.35. The minimum atomic E-state index is -0.00508. The summed E-state index contributed by atoms with van der Waals surface area (Å²) in [6, 6.07) is 7.44. The third kappa shape index (κ3) is 4.65. The van der Waals surface area contributed by atoms with Crippen LogP contribution in [0.2, 0.25) is 0 Å². The number of carbonyl (C=O) groups excluding carboxylic acids is 2. The van der Waals surface area contributed by atoms with E-state index >= 15 is 0 Å². The van der Waals surface area contributed by atoms with E-state index in [0.717, 1.165) is 25.7 Å². The van der Waals surface area contributed by atoms with Crippen LogP contribution >= 0.6 is 0 Å². The minimum absolute atomic E-state index is 0.00508. The van der Waals surface area contributed by atoms with Gasteiger partial charge in [-0.3, -0.25) is 9.59 Å². The lowest BCUT2D eigenvalue weighted by Gasteiger charge is -2.31. The Hall–Kier alpha value is -2.24. The molecular formula is C19H26N2O4. The summed E-state index contributed by atoms with van der Waals surface area (Å²) in [5.74, 6) is 1.95. The number of benzene rings is 1. The van der Waals surface area contributed by atoms with Gasteiger partial charge in [0.25, 0.3) is 0 Å². The molecule has 0 aromatic heterocycles. The van der Waals surface area contributed by atoms with Gasteiger partial charge in [0.2, 0.25) is 11.8 Å². The van der Waals surface area contributed by atoms with Crippen molar-refractivity contribution in [3.63, 3.8) is 0 Å². The molecule has 0 spiro atoms. The molecule has 1 saturated carbocycles. The molecule has 6 nitrogen and oxygen atoms in total. The molecule has 6 heteroatoms. The van der Waals surface area contributed by atoms with E-state index in [2.05, 4.69) is 5.32 Å². The average molecular weight is 346 g/mol. The third-order valence-electron chi connectivity index (χ3n) is 4.83. The SMILES string of the molecule is COc1ccccc1OCCNC(=O)C1CCN(C(=O)C2CC2)CC1. The molecule has 1 aromatic rings. The summed E-state index contributed by atoms with van der Waals surface area (Å²) in [7, 11) is 1.60. The van der Waals surface area contributed by atoms with Gasteiger partial charge in [0.15, 0.2) is 11.5 Å². The predicted molar refractivity (Wildman–Crippen MR) is 93.5 cm³/mol. The summed E-state index contributed by atoms with van der Waals surface area (Å²) in [5, 5.41) is 2.93. The molecule has 0 radical (unpaired) electrons. The van der Waals surface area contributed by atoms with Crippen molar-refractivity contribution in [1.82, 2.24) is 10.2 Å². The van der Waals surface area contributed by atoms with E-state index < -0.39 is 0 Å². The summed E-state index contributed by atoms with van der Waals surface area (Å²) in [4.78, 5) is 26.2. The topological polar surface area (TPSA) is 67.9 Å². The lowest BCUT2D eigenvalue weighted by Crippen LogP contribution is -2.44. The van der Waals surface area contributed by atoms with Crippen molar-refractivity contribution in [3.8, 4) is 11.5 Å². The van der Waals surface area contributed by atoms with Gasteiger partial charge in [-0.25, -0.2) is 0 Å². The number of amides is 2. The maximum atomic E-state index is 12.3. The van der Waals surface area contributed by atoms with Crippen molar-refractivity contribution in [2.75, 3.05) is 33.4 Å². The second kappa shape index (κ2) is 8.23. The van der Waals surface area contributed by atoms with Gasteiger partial charge in [0, 0.05) is 24.9 Å². The van der Waals surface area contributed by atoms with Crippen molar-refractivity contribution in [2.45, 2.75) is 25.7 Å². The monoisotopic (exact) mass is 346 g/mol. The largest absolute Gasteiger partial charge is 0.493 e. The van der Waals surface area contributed by atoms with Gasteiger partial charge in [-0.1, -0.05) is 12.1 Å². The first-order chi connectivity index (χ1) is 12.2. The molecule has 2 aliphatic rings. The molecule has 25 heavy (non-hydrogen) atoms. The van der Waals surface area contributed by atoms with E-state index in [1.54, 1.807) is 7.11 Å². The molecular weight excluding hydrogens is 320 g/mol. The zero-order chi connectivity index (χ0) is 17.6. The predicted octanol–water partition coefficient (Wildman–Crippen LogP) is 1.84. The lowest BCUT2D eigenvalue weighted by molar-refractivity contribution is -0.136. The highest BCUT2D eigenvalue weighted by Gasteiger charge is 2.35. The summed E-state index contributed by atoms with van der Waals surface area (Å²) >= 11 is 0. The number of hydrogen-bond acceptors (Lipinski definition) is 4. The molecule has 1 saturated heterocycles. The molecule has 1 N–H and O–H groups in total. The molecule has 1 aromatic carbocycles. The Morgan fingerprint density at radius 2 is 1.76 bits per heavy atom. The van der Waals surface area contributed by atoms with Crippen LogP contribution in [0.5, 0.6) is 11.5 Å². The lowest BCUT2D eigenvalue weighted by atomic mass is 9.95. The number of para-hydroxylation sites is 2. The number of ether oxygens (including phenoxy) is 2. The summed E-state index contributed by atoms with van der Waals surface area (Å²) in [6.07, 6.45) is 3.56. The fourth-order valence-electron chi connectivity index (χ4n) is 3.17. The number of carbonyl (C=O) groups is 2. The van der Waals surface area contributed by atoms with Crippen molar-refractivity contribution < 1.29 is 19.1 Å². The Morgan fingerprint density at radius 3 is 2.40 bits per heavy atom. The highest BCUT2D eigenvalue weighted by Crippen LogP contribution is 2.32. The van der Waals surface area contributed by atoms with Crippen molar-refractivity contribution in [1.29, 1.82) is 0 Å². The smallest absolute Gasteiger partial charge is 0.225 e. The van der Waals surface area contributed by atoms with Crippen LogP contribution in [0, 0.1) is 11.8 Å². The maximum absolute atomic E-state index is 12.3. The maximum Gasteiger partial charge on any atom is 0.225 e. The van der Waals surface area contributed by atoms with Crippen LogP contribution in [0.15, 0.2) is 24.3 Å². The molecule has 2 amide bonds. The minimum Gasteiger partial charge on any atom is -0.493 e. The van der Waals surface area contributed by atoms with Crippen LogP contribution in [0.25, 0.3) is 0 Å². The Morgan fingerprint density at radius 1 is 1.08 bits per heavy atom. The van der Waals surface area contributed by atoms with Gasteiger partial charge >= 0.3 is 0 Å². The van der Waals surface area contributed by atoms with Crippen molar-refractivity contribution >= 4 is 11.8 Å². The van der Waals surface area contributed by atoms with Gasteiger partial charge in [-0.05, 0) is 37.8 Å². The standard InChI is InChI=1S/C19H26N2O4/c1-24-16-4-2-3-5-17(16)25-13-10-20-18(22)14-8-11-21(12-9-14)19(23)15-6-7-15/h2-5,14-15H,6-13H2,1H3,(H,20,22). The molecule has 1 aliphatic heterocycles. The Bertz CT molecular complexity index is 607. The second-order valence-electron chi connectivity index (χ2n) is 6.66. The van der Waals surface area contributed by atoms with E-state index in [4.69, 9.17) is 9.47 Å². The average Bonchev–Trinajstić information content (AvgIpc) is 3.50. The van der Waals surface area contributed by atoms with Gasteiger partial charge < -0.3 is 19.7 Å². The number of methoxy groups -OCH3 is 1. The highest BCUT2D eigenvalue weighted by molar-refractivity contribution is 5.82. The quantitative estimate of drug-likeness (QED) is 0.765. The molecule has 1 heterocycles. The highest BCUT2D eigenvalue weighted by atomic mass is 16.5. The van der Waals surface area contributed by atoms with Crippen LogP contribution in [0.4, 0.5) is 0 Å². The molecule has 0 bridgehead atoms. The van der Waals surface area contributed by atoms with Gasteiger partial charge in [-0.2, -0.15) is 0 Å². The van der Waals surface area contributed by atoms with Crippen molar-refractivity contribution in [2.24, 2.45) is 11.8 Å². The van der Waals surface area contributed by atoms with Crippen LogP contribution in [0.3, 0.4) is 0 Å². The van der Waals surface area contributed by atoms with E-state index in [1.165, 1.54) is 0 Å². The normalized spacial score (nSPS) is 17.9. The number of rotatable bonds is 7. The summed E-state index contributed by atoms with van der Waals surface area (Å²) in [6.45, 7) is 2.25. The Labute approximate surface area is 148 Å². The Kier molecular flexibility index (Phi) is 5.79. The van der Waals surface area contributed by atoms with Gasteiger partial charge in [0.1, 0.15) is 6.61 Å². The number of likely N-dealkylation sites (tertiary alicyclic amines) is 1. The summed E-state index contributed by atoms with van der Waals surface area (Å²) < 4.78 is 10.9.